The van der Waals surface area contributed by atoms with Gasteiger partial charge in [0.15, 0.2) is 0 Å². The van der Waals surface area contributed by atoms with Gasteiger partial charge in [-0.1, -0.05) is 36.4 Å². The average Bonchev–Trinajstić information content (AvgIpc) is 2.46. The molecule has 0 spiro atoms. The first-order valence-electron chi connectivity index (χ1n) is 6.18. The van der Waals surface area contributed by atoms with E-state index >= 15 is 0 Å². The first-order chi connectivity index (χ1) is 10.8. The Morgan fingerprint density at radius 2 is 0.750 bits per heavy atom. The quantitative estimate of drug-likeness (QED) is 0.475. The molecule has 2 aromatic carbocycles. The van der Waals surface area contributed by atoms with Gasteiger partial charge in [0.2, 0.25) is 0 Å². The van der Waals surface area contributed by atoms with E-state index in [0.29, 0.717) is 12.1 Å². The van der Waals surface area contributed by atoms with Gasteiger partial charge in [0, 0.05) is 0 Å². The van der Waals surface area contributed by atoms with Crippen LogP contribution in [0, 0.1) is 0 Å². The Balaban J connectivity index is 0.000000254. The zero-order valence-electron chi connectivity index (χ0n) is 11.6. The maximum atomic E-state index is 12.0. The third-order valence-electron chi connectivity index (χ3n) is 2.62. The first kappa shape index (κ1) is 19.9. The van der Waals surface area contributed by atoms with Crippen molar-refractivity contribution in [3.05, 3.63) is 71.3 Å². The molecule has 24 heavy (non-hydrogen) atoms. The molecule has 0 unspecified atom stereocenters. The van der Waals surface area contributed by atoms with Crippen LogP contribution in [-0.2, 0) is 18.5 Å². The summed E-state index contributed by atoms with van der Waals surface area (Å²) >= 11 is 0. The summed E-state index contributed by atoms with van der Waals surface area (Å²) in [5.74, 6) is 0. The number of benzene rings is 2. The van der Waals surface area contributed by atoms with Crippen molar-refractivity contribution in [2.45, 2.75) is 18.5 Å². The van der Waals surface area contributed by atoms with E-state index in [4.69, 9.17) is 0 Å². The van der Waals surface area contributed by atoms with E-state index < -0.39 is 35.2 Å². The second-order valence-electron chi connectivity index (χ2n) is 4.44. The molecule has 132 valence electrons. The Hall–Kier alpha value is -2.19. The average molecular weight is 360 g/mol. The predicted molar refractivity (Wildman–Crippen MR) is 67.9 cm³/mol. The van der Waals surface area contributed by atoms with E-state index in [2.05, 4.69) is 0 Å². The van der Waals surface area contributed by atoms with Gasteiger partial charge in [-0.05, 0) is 18.2 Å². The fourth-order valence-corrected chi connectivity index (χ4v) is 1.50. The van der Waals surface area contributed by atoms with Crippen molar-refractivity contribution in [1.82, 2.24) is 0 Å². The number of hydrogen-bond acceptors (Lipinski definition) is 0. The summed E-state index contributed by atoms with van der Waals surface area (Å²) in [7, 11) is 0. The topological polar surface area (TPSA) is 0 Å². The fraction of sp³-hybridized carbons (Fsp3) is 0.200. The van der Waals surface area contributed by atoms with Crippen LogP contribution in [0.1, 0.15) is 16.7 Å². The molecule has 2 aromatic rings. The van der Waals surface area contributed by atoms with Crippen LogP contribution in [-0.4, -0.2) is 0 Å². The molecule has 0 saturated heterocycles. The van der Waals surface area contributed by atoms with E-state index in [9.17, 15) is 39.5 Å². The minimum atomic E-state index is -4.75. The minimum Gasteiger partial charge on any atom is -0.166 e. The molecule has 0 fully saturated rings. The molecule has 2 rings (SSSR count). The molecule has 0 aliphatic rings. The summed E-state index contributed by atoms with van der Waals surface area (Å²) in [5.41, 5.74) is -3.20. The van der Waals surface area contributed by atoms with E-state index in [-0.39, 0.29) is 6.07 Å². The van der Waals surface area contributed by atoms with Gasteiger partial charge in [-0.2, -0.15) is 39.5 Å². The van der Waals surface area contributed by atoms with E-state index in [1.807, 2.05) is 0 Å². The lowest BCUT2D eigenvalue weighted by molar-refractivity contribution is -0.143. The van der Waals surface area contributed by atoms with Gasteiger partial charge in [-0.15, -0.1) is 0 Å². The summed E-state index contributed by atoms with van der Waals surface area (Å²) in [6.45, 7) is 0. The predicted octanol–water partition coefficient (Wildman–Crippen LogP) is 6.43. The molecular weight excluding hydrogens is 351 g/mol. The molecule has 0 amide bonds. The van der Waals surface area contributed by atoms with Crippen LogP contribution in [0.2, 0.25) is 0 Å². The second kappa shape index (κ2) is 7.14. The molecule has 0 nitrogen and oxygen atoms in total. The molecule has 0 aromatic heterocycles. The van der Waals surface area contributed by atoms with Crippen molar-refractivity contribution in [2.75, 3.05) is 0 Å². The SMILES string of the molecule is FC(F)(F)c1cccc(C(F)(F)F)c1.FC(F)(F)c1ccccc1. The van der Waals surface area contributed by atoms with Gasteiger partial charge in [0.1, 0.15) is 0 Å². The van der Waals surface area contributed by atoms with E-state index in [0.717, 1.165) is 18.2 Å². The molecule has 0 aliphatic heterocycles. The third-order valence-corrected chi connectivity index (χ3v) is 2.62. The Bertz CT molecular complexity index is 607. The van der Waals surface area contributed by atoms with Crippen LogP contribution in [0.25, 0.3) is 0 Å². The largest absolute Gasteiger partial charge is 0.416 e. The summed E-state index contributed by atoms with van der Waals surface area (Å²) in [6.07, 6.45) is -13.7. The Kier molecular flexibility index (Phi) is 5.91. The third kappa shape index (κ3) is 6.13. The number of hydrogen-bond donors (Lipinski definition) is 0. The standard InChI is InChI=1S/C8H4F6.C7H5F3/c9-7(10,11)5-2-1-3-6(4-5)8(12,13)14;8-7(9,10)6-4-2-1-3-5-6/h1-4H;1-5H. The van der Waals surface area contributed by atoms with Gasteiger partial charge in [-0.25, -0.2) is 0 Å². The zero-order valence-corrected chi connectivity index (χ0v) is 11.6. The van der Waals surface area contributed by atoms with Gasteiger partial charge in [0.25, 0.3) is 0 Å². The van der Waals surface area contributed by atoms with Crippen molar-refractivity contribution in [3.63, 3.8) is 0 Å². The molecule has 0 N–H and O–H groups in total. The summed E-state index contributed by atoms with van der Waals surface area (Å²) in [4.78, 5) is 0. The molecule has 0 radical (unpaired) electrons. The Morgan fingerprint density at radius 1 is 0.417 bits per heavy atom. The zero-order chi connectivity index (χ0) is 18.6. The molecule has 0 heterocycles. The van der Waals surface area contributed by atoms with E-state index in [1.54, 1.807) is 6.07 Å². The number of rotatable bonds is 0. The minimum absolute atomic E-state index is 0.0833. The smallest absolute Gasteiger partial charge is 0.166 e. The molecule has 9 heteroatoms. The second-order valence-corrected chi connectivity index (χ2v) is 4.44. The molecule has 0 atom stereocenters. The summed E-state index contributed by atoms with van der Waals surface area (Å²) in [5, 5.41) is 0. The van der Waals surface area contributed by atoms with Gasteiger partial charge in [0.05, 0.1) is 16.7 Å². The van der Waals surface area contributed by atoms with Gasteiger partial charge in [-0.3, -0.25) is 0 Å². The Labute approximate surface area is 130 Å². The lowest BCUT2D eigenvalue weighted by atomic mass is 10.1. The highest BCUT2D eigenvalue weighted by Crippen LogP contribution is 2.34. The van der Waals surface area contributed by atoms with Crippen LogP contribution in [0.15, 0.2) is 54.6 Å². The van der Waals surface area contributed by atoms with Crippen LogP contribution in [0.3, 0.4) is 0 Å². The summed E-state index contributed by atoms with van der Waals surface area (Å²) < 4.78 is 107. The lowest BCUT2D eigenvalue weighted by Gasteiger charge is -2.10. The summed E-state index contributed by atoms with van der Waals surface area (Å²) in [6, 6.07) is 8.36. The Morgan fingerprint density at radius 3 is 1.04 bits per heavy atom. The van der Waals surface area contributed by atoms with Crippen molar-refractivity contribution in [3.8, 4) is 0 Å². The van der Waals surface area contributed by atoms with Gasteiger partial charge < -0.3 is 0 Å². The molecular formula is C15H9F9. The maximum Gasteiger partial charge on any atom is 0.416 e. The molecule has 0 aliphatic carbocycles. The van der Waals surface area contributed by atoms with Crippen molar-refractivity contribution in [1.29, 1.82) is 0 Å². The first-order valence-corrected chi connectivity index (χ1v) is 6.18. The maximum absolute atomic E-state index is 12.0. The normalized spacial score (nSPS) is 12.4. The number of alkyl halides is 9. The number of halogens is 9. The lowest BCUT2D eigenvalue weighted by Crippen LogP contribution is -2.09. The highest BCUT2D eigenvalue weighted by Gasteiger charge is 2.35. The van der Waals surface area contributed by atoms with E-state index in [1.165, 1.54) is 12.1 Å². The van der Waals surface area contributed by atoms with Crippen LogP contribution >= 0.6 is 0 Å². The van der Waals surface area contributed by atoms with Crippen molar-refractivity contribution < 1.29 is 39.5 Å². The van der Waals surface area contributed by atoms with Crippen LogP contribution < -0.4 is 0 Å². The van der Waals surface area contributed by atoms with Crippen LogP contribution in [0.5, 0.6) is 0 Å². The molecule has 0 bridgehead atoms. The molecule has 0 saturated carbocycles. The van der Waals surface area contributed by atoms with Crippen molar-refractivity contribution >= 4 is 0 Å². The van der Waals surface area contributed by atoms with Gasteiger partial charge >= 0.3 is 18.5 Å². The highest BCUT2D eigenvalue weighted by atomic mass is 19.4. The van der Waals surface area contributed by atoms with Crippen molar-refractivity contribution in [2.24, 2.45) is 0 Å². The fourth-order valence-electron chi connectivity index (χ4n) is 1.50. The highest BCUT2D eigenvalue weighted by molar-refractivity contribution is 5.27. The van der Waals surface area contributed by atoms with Crippen LogP contribution in [0.4, 0.5) is 39.5 Å². The monoisotopic (exact) mass is 360 g/mol.